The lowest BCUT2D eigenvalue weighted by Gasteiger charge is -2.21. The highest BCUT2D eigenvalue weighted by atomic mass is 32.2. The van der Waals surface area contributed by atoms with E-state index in [9.17, 15) is 23.3 Å². The molecule has 0 aliphatic rings. The SMILES string of the molecule is Cc1ccc(S(=O)(=O)NC(COC(=O)c2ccc([N+](=O)[O-])cc2)c2cccc3ccccc23)cc1. The van der Waals surface area contributed by atoms with Crippen LogP contribution in [0.2, 0.25) is 0 Å². The van der Waals surface area contributed by atoms with Crippen molar-refractivity contribution in [2.45, 2.75) is 17.9 Å². The molecule has 9 heteroatoms. The van der Waals surface area contributed by atoms with Gasteiger partial charge >= 0.3 is 5.97 Å². The van der Waals surface area contributed by atoms with E-state index < -0.39 is 27.0 Å². The van der Waals surface area contributed by atoms with Gasteiger partial charge in [0.1, 0.15) is 6.61 Å². The van der Waals surface area contributed by atoms with Gasteiger partial charge in [-0.2, -0.15) is 0 Å². The molecule has 0 aliphatic carbocycles. The molecule has 4 rings (SSSR count). The van der Waals surface area contributed by atoms with Crippen LogP contribution in [0.25, 0.3) is 10.8 Å². The maximum Gasteiger partial charge on any atom is 0.338 e. The Kier molecular flexibility index (Phi) is 6.90. The average molecular weight is 491 g/mol. The van der Waals surface area contributed by atoms with Crippen molar-refractivity contribution in [3.8, 4) is 0 Å². The molecule has 0 radical (unpaired) electrons. The number of hydrogen-bond acceptors (Lipinski definition) is 6. The van der Waals surface area contributed by atoms with Gasteiger partial charge in [0.15, 0.2) is 0 Å². The second-order valence-electron chi connectivity index (χ2n) is 7.96. The van der Waals surface area contributed by atoms with Crippen molar-refractivity contribution in [1.82, 2.24) is 4.72 Å². The summed E-state index contributed by atoms with van der Waals surface area (Å²) in [4.78, 5) is 23.0. The summed E-state index contributed by atoms with van der Waals surface area (Å²) in [5, 5.41) is 12.6. The summed E-state index contributed by atoms with van der Waals surface area (Å²) in [5.41, 5.74) is 1.54. The van der Waals surface area contributed by atoms with Gasteiger partial charge in [0.25, 0.3) is 5.69 Å². The molecular weight excluding hydrogens is 468 g/mol. The summed E-state index contributed by atoms with van der Waals surface area (Å²) in [5.74, 6) is -0.723. The van der Waals surface area contributed by atoms with Crippen LogP contribution < -0.4 is 4.72 Å². The van der Waals surface area contributed by atoms with Gasteiger partial charge in [0.05, 0.1) is 21.4 Å². The molecule has 0 saturated heterocycles. The lowest BCUT2D eigenvalue weighted by molar-refractivity contribution is -0.384. The highest BCUT2D eigenvalue weighted by Gasteiger charge is 2.25. The normalized spacial score (nSPS) is 12.3. The zero-order chi connectivity index (χ0) is 25.0. The predicted molar refractivity (Wildman–Crippen MR) is 132 cm³/mol. The monoisotopic (exact) mass is 490 g/mol. The Hall–Kier alpha value is -4.08. The smallest absolute Gasteiger partial charge is 0.338 e. The predicted octanol–water partition coefficient (Wildman–Crippen LogP) is 4.93. The van der Waals surface area contributed by atoms with E-state index in [-0.39, 0.29) is 22.8 Å². The second-order valence-corrected chi connectivity index (χ2v) is 9.67. The van der Waals surface area contributed by atoms with Gasteiger partial charge in [-0.15, -0.1) is 0 Å². The summed E-state index contributed by atoms with van der Waals surface area (Å²) in [6, 6.07) is 23.6. The number of nitrogens with one attached hydrogen (secondary N) is 1. The van der Waals surface area contributed by atoms with Crippen LogP contribution in [0.5, 0.6) is 0 Å². The summed E-state index contributed by atoms with van der Waals surface area (Å²) in [6.45, 7) is 1.58. The van der Waals surface area contributed by atoms with E-state index >= 15 is 0 Å². The first-order valence-corrected chi connectivity index (χ1v) is 12.2. The van der Waals surface area contributed by atoms with Crippen LogP contribution >= 0.6 is 0 Å². The summed E-state index contributed by atoms with van der Waals surface area (Å²) in [7, 11) is -3.94. The number of sulfonamides is 1. The Morgan fingerprint density at radius 3 is 2.29 bits per heavy atom. The number of esters is 1. The highest BCUT2D eigenvalue weighted by Crippen LogP contribution is 2.27. The molecule has 178 valence electrons. The van der Waals surface area contributed by atoms with Crippen molar-refractivity contribution in [1.29, 1.82) is 0 Å². The molecule has 1 unspecified atom stereocenters. The molecule has 1 atom stereocenters. The quantitative estimate of drug-likeness (QED) is 0.213. The molecule has 35 heavy (non-hydrogen) atoms. The Balaban J connectivity index is 1.64. The van der Waals surface area contributed by atoms with Crippen LogP contribution in [-0.2, 0) is 14.8 Å². The second kappa shape index (κ2) is 10.0. The third kappa shape index (κ3) is 5.53. The van der Waals surface area contributed by atoms with Crippen molar-refractivity contribution in [3.63, 3.8) is 0 Å². The topological polar surface area (TPSA) is 116 Å². The number of nitro benzene ring substituents is 1. The number of benzene rings is 4. The van der Waals surface area contributed by atoms with E-state index in [4.69, 9.17) is 4.74 Å². The van der Waals surface area contributed by atoms with E-state index in [2.05, 4.69) is 4.72 Å². The number of rotatable bonds is 8. The molecular formula is C26H22N2O6S. The molecule has 4 aromatic carbocycles. The van der Waals surface area contributed by atoms with Crippen molar-refractivity contribution in [3.05, 3.63) is 118 Å². The standard InChI is InChI=1S/C26H22N2O6S/c1-18-9-15-22(16-10-18)35(32,33)27-25(24-8-4-6-19-5-2-3-7-23(19)24)17-34-26(29)20-11-13-21(14-12-20)28(30)31/h2-16,25,27H,17H2,1H3. The lowest BCUT2D eigenvalue weighted by Crippen LogP contribution is -2.32. The molecule has 0 spiro atoms. The number of nitro groups is 1. The number of ether oxygens (including phenoxy) is 1. The van der Waals surface area contributed by atoms with Crippen molar-refractivity contribution >= 4 is 32.5 Å². The molecule has 0 amide bonds. The van der Waals surface area contributed by atoms with Crippen molar-refractivity contribution in [2.75, 3.05) is 6.61 Å². The fraction of sp³-hybridized carbons (Fsp3) is 0.115. The highest BCUT2D eigenvalue weighted by molar-refractivity contribution is 7.89. The summed E-state index contributed by atoms with van der Waals surface area (Å²) in [6.07, 6.45) is 0. The number of non-ortho nitro benzene ring substituents is 1. The van der Waals surface area contributed by atoms with Gasteiger partial charge in [0.2, 0.25) is 10.0 Å². The minimum atomic E-state index is -3.94. The first-order chi connectivity index (χ1) is 16.7. The van der Waals surface area contributed by atoms with Gasteiger partial charge < -0.3 is 4.74 Å². The molecule has 4 aromatic rings. The van der Waals surface area contributed by atoms with Gasteiger partial charge in [0, 0.05) is 12.1 Å². The fourth-order valence-corrected chi connectivity index (χ4v) is 4.88. The van der Waals surface area contributed by atoms with Crippen LogP contribution in [0.15, 0.2) is 95.9 Å². The van der Waals surface area contributed by atoms with E-state index in [1.54, 1.807) is 18.2 Å². The molecule has 0 aromatic heterocycles. The van der Waals surface area contributed by atoms with E-state index in [1.807, 2.05) is 43.3 Å². The Bertz CT molecular complexity index is 1480. The average Bonchev–Trinajstić information content (AvgIpc) is 2.86. The minimum absolute atomic E-state index is 0.0926. The largest absolute Gasteiger partial charge is 0.460 e. The van der Waals surface area contributed by atoms with Gasteiger partial charge in [-0.05, 0) is 47.5 Å². The molecule has 0 aliphatic heterocycles. The molecule has 8 nitrogen and oxygen atoms in total. The number of aryl methyl sites for hydroxylation is 1. The fourth-order valence-electron chi connectivity index (χ4n) is 3.68. The van der Waals surface area contributed by atoms with Crippen LogP contribution in [0.3, 0.4) is 0 Å². The number of carbonyl (C=O) groups excluding carboxylic acids is 1. The molecule has 0 saturated carbocycles. The number of carbonyl (C=O) groups is 1. The first kappa shape index (κ1) is 24.1. The zero-order valence-corrected chi connectivity index (χ0v) is 19.6. The number of hydrogen-bond donors (Lipinski definition) is 1. The molecule has 0 heterocycles. The van der Waals surface area contributed by atoms with Gasteiger partial charge in [-0.3, -0.25) is 10.1 Å². The van der Waals surface area contributed by atoms with E-state index in [1.165, 1.54) is 36.4 Å². The summed E-state index contributed by atoms with van der Waals surface area (Å²) >= 11 is 0. The molecule has 0 fully saturated rings. The van der Waals surface area contributed by atoms with E-state index in [0.717, 1.165) is 16.3 Å². The van der Waals surface area contributed by atoms with Gasteiger partial charge in [-0.1, -0.05) is 60.2 Å². The Morgan fingerprint density at radius 1 is 0.943 bits per heavy atom. The number of nitrogens with zero attached hydrogens (tertiary/aromatic N) is 1. The third-order valence-corrected chi connectivity index (χ3v) is 7.01. The summed E-state index contributed by atoms with van der Waals surface area (Å²) < 4.78 is 34.5. The van der Waals surface area contributed by atoms with E-state index in [0.29, 0.717) is 5.56 Å². The molecule has 0 bridgehead atoms. The maximum absolute atomic E-state index is 13.2. The zero-order valence-electron chi connectivity index (χ0n) is 18.7. The van der Waals surface area contributed by atoms with Crippen LogP contribution in [0.4, 0.5) is 5.69 Å². The van der Waals surface area contributed by atoms with Crippen LogP contribution in [0.1, 0.15) is 27.5 Å². The maximum atomic E-state index is 13.2. The van der Waals surface area contributed by atoms with Crippen molar-refractivity contribution < 1.29 is 22.9 Å². The number of fused-ring (bicyclic) bond motifs is 1. The molecule has 1 N–H and O–H groups in total. The Labute approximate surface area is 202 Å². The lowest BCUT2D eigenvalue weighted by atomic mass is 10.00. The minimum Gasteiger partial charge on any atom is -0.460 e. The van der Waals surface area contributed by atoms with Crippen molar-refractivity contribution in [2.24, 2.45) is 0 Å². The van der Waals surface area contributed by atoms with Crippen LogP contribution in [0, 0.1) is 17.0 Å². The Morgan fingerprint density at radius 2 is 1.60 bits per heavy atom. The third-order valence-electron chi connectivity index (χ3n) is 5.52. The first-order valence-electron chi connectivity index (χ1n) is 10.7. The van der Waals surface area contributed by atoms with Crippen LogP contribution in [-0.4, -0.2) is 25.9 Å². The van der Waals surface area contributed by atoms with Gasteiger partial charge in [-0.25, -0.2) is 17.9 Å².